The highest BCUT2D eigenvalue weighted by Gasteiger charge is 2.25. The third-order valence-corrected chi connectivity index (χ3v) is 3.63. The maximum absolute atomic E-state index is 12.6. The van der Waals surface area contributed by atoms with Crippen LogP contribution in [-0.4, -0.2) is 33.8 Å². The van der Waals surface area contributed by atoms with Gasteiger partial charge in [0.05, 0.1) is 18.5 Å². The van der Waals surface area contributed by atoms with E-state index in [0.717, 1.165) is 11.3 Å². The fourth-order valence-corrected chi connectivity index (χ4v) is 2.57. The van der Waals surface area contributed by atoms with Crippen LogP contribution in [0, 0.1) is 0 Å². The molecule has 0 spiro atoms. The number of hydrogen-bond donors (Lipinski definition) is 1. The molecule has 1 N–H and O–H groups in total. The summed E-state index contributed by atoms with van der Waals surface area (Å²) in [6, 6.07) is 18.7. The second-order valence-corrected chi connectivity index (χ2v) is 5.19. The van der Waals surface area contributed by atoms with Crippen molar-refractivity contribution < 1.29 is 14.7 Å². The number of ether oxygens (including phenoxy) is 1. The Kier molecular flexibility index (Phi) is 4.89. The van der Waals surface area contributed by atoms with Gasteiger partial charge in [-0.3, -0.25) is 0 Å². The van der Waals surface area contributed by atoms with Gasteiger partial charge in [0.1, 0.15) is 17.0 Å². The van der Waals surface area contributed by atoms with E-state index in [2.05, 4.69) is 10.3 Å². The van der Waals surface area contributed by atoms with Gasteiger partial charge in [-0.2, -0.15) is 5.10 Å². The van der Waals surface area contributed by atoms with Gasteiger partial charge in [0.15, 0.2) is 0 Å². The lowest BCUT2D eigenvalue weighted by atomic mass is 10.1. The predicted octanol–water partition coefficient (Wildman–Crippen LogP) is 3.52. The molecule has 3 rings (SSSR count). The van der Waals surface area contributed by atoms with Gasteiger partial charge < -0.3 is 9.94 Å². The molecule has 0 bridgehead atoms. The number of hydrogen-bond acceptors (Lipinski definition) is 5. The number of carbonyl (C=O) groups excluding carboxylic acids is 1. The first-order valence-corrected chi connectivity index (χ1v) is 7.84. The molecule has 1 aromatic heterocycles. The Morgan fingerprint density at radius 3 is 2.40 bits per heavy atom. The molecule has 25 heavy (non-hydrogen) atoms. The van der Waals surface area contributed by atoms with Gasteiger partial charge in [0.2, 0.25) is 0 Å². The molecule has 126 valence electrons. The zero-order valence-corrected chi connectivity index (χ0v) is 13.7. The Morgan fingerprint density at radius 1 is 1.16 bits per heavy atom. The summed E-state index contributed by atoms with van der Waals surface area (Å²) >= 11 is 0. The van der Waals surface area contributed by atoms with E-state index in [1.54, 1.807) is 11.6 Å². The molecule has 3 aromatic rings. The molecule has 1 heterocycles. The van der Waals surface area contributed by atoms with Crippen molar-refractivity contribution in [3.8, 4) is 16.9 Å². The van der Waals surface area contributed by atoms with E-state index < -0.39 is 5.97 Å². The highest BCUT2D eigenvalue weighted by molar-refractivity contribution is 6.04. The maximum atomic E-state index is 12.6. The average Bonchev–Trinajstić information content (AvgIpc) is 3.03. The van der Waals surface area contributed by atoms with Gasteiger partial charge in [0.25, 0.3) is 0 Å². The number of rotatable bonds is 5. The van der Waals surface area contributed by atoms with E-state index >= 15 is 0 Å². The molecule has 0 atom stereocenters. The second-order valence-electron chi connectivity index (χ2n) is 5.19. The summed E-state index contributed by atoms with van der Waals surface area (Å²) in [7, 11) is 0. The van der Waals surface area contributed by atoms with Crippen molar-refractivity contribution in [2.24, 2.45) is 5.16 Å². The smallest absolute Gasteiger partial charge is 0.342 e. The quantitative estimate of drug-likeness (QED) is 0.335. The molecule has 0 unspecified atom stereocenters. The zero-order valence-electron chi connectivity index (χ0n) is 13.7. The molecule has 2 aromatic carbocycles. The van der Waals surface area contributed by atoms with Gasteiger partial charge in [-0.1, -0.05) is 53.7 Å². The fraction of sp³-hybridized carbons (Fsp3) is 0.105. The van der Waals surface area contributed by atoms with Crippen LogP contribution in [0.2, 0.25) is 0 Å². The van der Waals surface area contributed by atoms with E-state index in [1.165, 1.54) is 6.21 Å². The molecule has 0 aliphatic heterocycles. The van der Waals surface area contributed by atoms with Crippen LogP contribution in [0.4, 0.5) is 0 Å². The van der Waals surface area contributed by atoms with Crippen LogP contribution >= 0.6 is 0 Å². The third kappa shape index (κ3) is 3.28. The van der Waals surface area contributed by atoms with Crippen molar-refractivity contribution in [3.63, 3.8) is 0 Å². The standard InChI is InChI=1S/C19H17N3O3/c1-2-25-19(23)17-16(13-20-24)22(15-11-7-4-8-12-15)21-18(17)14-9-5-3-6-10-14/h3-13,24H,2H2,1H3/b20-13+. The van der Waals surface area contributed by atoms with Crippen molar-refractivity contribution >= 4 is 12.2 Å². The van der Waals surface area contributed by atoms with E-state index in [-0.39, 0.29) is 12.2 Å². The van der Waals surface area contributed by atoms with Gasteiger partial charge in [-0.25, -0.2) is 9.48 Å². The molecular formula is C19H17N3O3. The highest BCUT2D eigenvalue weighted by Crippen LogP contribution is 2.27. The predicted molar refractivity (Wildman–Crippen MR) is 94.3 cm³/mol. The first kappa shape index (κ1) is 16.4. The van der Waals surface area contributed by atoms with Gasteiger partial charge in [0, 0.05) is 5.56 Å². The summed E-state index contributed by atoms with van der Waals surface area (Å²) in [6.07, 6.45) is 1.19. The lowest BCUT2D eigenvalue weighted by Gasteiger charge is -2.05. The molecule has 0 radical (unpaired) electrons. The van der Waals surface area contributed by atoms with Crippen molar-refractivity contribution in [1.29, 1.82) is 0 Å². The molecular weight excluding hydrogens is 318 g/mol. The summed E-state index contributed by atoms with van der Waals surface area (Å²) in [4.78, 5) is 12.6. The molecule has 0 saturated heterocycles. The third-order valence-electron chi connectivity index (χ3n) is 3.63. The van der Waals surface area contributed by atoms with E-state index in [4.69, 9.17) is 9.94 Å². The van der Waals surface area contributed by atoms with Crippen LogP contribution in [0.3, 0.4) is 0 Å². The molecule has 0 saturated carbocycles. The van der Waals surface area contributed by atoms with Crippen molar-refractivity contribution in [2.75, 3.05) is 6.61 Å². The van der Waals surface area contributed by atoms with Crippen molar-refractivity contribution in [2.45, 2.75) is 6.92 Å². The summed E-state index contributed by atoms with van der Waals surface area (Å²) in [5.74, 6) is -0.515. The van der Waals surface area contributed by atoms with Crippen LogP contribution in [0.5, 0.6) is 0 Å². The molecule has 0 aliphatic rings. The number of para-hydroxylation sites is 1. The first-order valence-electron chi connectivity index (χ1n) is 7.84. The van der Waals surface area contributed by atoms with E-state index in [9.17, 15) is 4.79 Å². The first-order chi connectivity index (χ1) is 12.3. The van der Waals surface area contributed by atoms with Gasteiger partial charge in [-0.15, -0.1) is 0 Å². The summed E-state index contributed by atoms with van der Waals surface area (Å²) in [5.41, 5.74) is 2.59. The molecule has 6 nitrogen and oxygen atoms in total. The minimum atomic E-state index is -0.515. The van der Waals surface area contributed by atoms with Crippen LogP contribution in [0.1, 0.15) is 23.0 Å². The maximum Gasteiger partial charge on any atom is 0.342 e. The Morgan fingerprint density at radius 2 is 1.80 bits per heavy atom. The topological polar surface area (TPSA) is 76.7 Å². The van der Waals surface area contributed by atoms with Crippen LogP contribution in [0.25, 0.3) is 16.9 Å². The average molecular weight is 335 g/mol. The Hall–Kier alpha value is -3.41. The van der Waals surface area contributed by atoms with Crippen LogP contribution in [0.15, 0.2) is 65.8 Å². The number of esters is 1. The van der Waals surface area contributed by atoms with Gasteiger partial charge >= 0.3 is 5.97 Å². The van der Waals surface area contributed by atoms with E-state index in [1.807, 2.05) is 60.7 Å². The normalized spacial score (nSPS) is 10.9. The Bertz CT molecular complexity index is 887. The SMILES string of the molecule is CCOC(=O)c1c(-c2ccccc2)nn(-c2ccccc2)c1/C=N/O. The van der Waals surface area contributed by atoms with Crippen molar-refractivity contribution in [1.82, 2.24) is 9.78 Å². The lowest BCUT2D eigenvalue weighted by Crippen LogP contribution is -2.10. The largest absolute Gasteiger partial charge is 0.462 e. The van der Waals surface area contributed by atoms with Crippen molar-refractivity contribution in [3.05, 3.63) is 71.9 Å². The minimum Gasteiger partial charge on any atom is -0.462 e. The number of nitrogens with zero attached hydrogens (tertiary/aromatic N) is 3. The molecule has 0 fully saturated rings. The number of aromatic nitrogens is 2. The Labute approximate surface area is 145 Å². The van der Waals surface area contributed by atoms with Crippen LogP contribution in [-0.2, 0) is 4.74 Å². The second kappa shape index (κ2) is 7.44. The van der Waals surface area contributed by atoms with Gasteiger partial charge in [-0.05, 0) is 19.1 Å². The molecule has 0 amide bonds. The van der Waals surface area contributed by atoms with E-state index in [0.29, 0.717) is 11.4 Å². The zero-order chi connectivity index (χ0) is 17.6. The number of benzene rings is 2. The molecule has 0 aliphatic carbocycles. The monoisotopic (exact) mass is 335 g/mol. The highest BCUT2D eigenvalue weighted by atomic mass is 16.5. The number of oxime groups is 1. The number of carbonyl (C=O) groups is 1. The summed E-state index contributed by atoms with van der Waals surface area (Å²) < 4.78 is 6.75. The summed E-state index contributed by atoms with van der Waals surface area (Å²) in [6.45, 7) is 1.97. The fourth-order valence-electron chi connectivity index (χ4n) is 2.57. The molecule has 6 heteroatoms. The van der Waals surface area contributed by atoms with Crippen LogP contribution < -0.4 is 0 Å². The minimum absolute atomic E-state index is 0.235. The lowest BCUT2D eigenvalue weighted by molar-refractivity contribution is 0.0527. The summed E-state index contributed by atoms with van der Waals surface area (Å²) in [5, 5.41) is 16.8. The Balaban J connectivity index is 2.29.